The molecule has 30 heavy (non-hydrogen) atoms. The van der Waals surface area contributed by atoms with Crippen LogP contribution in [0.5, 0.6) is 5.88 Å². The Bertz CT molecular complexity index is 1240. The van der Waals surface area contributed by atoms with Gasteiger partial charge in [-0.1, -0.05) is 11.6 Å². The maximum absolute atomic E-state index is 14.1. The number of nitrogens with zero attached hydrogens (tertiary/aromatic N) is 3. The summed E-state index contributed by atoms with van der Waals surface area (Å²) in [7, 11) is 0. The molecule has 0 unspecified atom stereocenters. The van der Waals surface area contributed by atoms with Gasteiger partial charge in [0.15, 0.2) is 0 Å². The number of benzene rings is 2. The first-order valence-electron chi connectivity index (χ1n) is 9.82. The zero-order valence-corrected chi connectivity index (χ0v) is 16.8. The largest absolute Gasteiger partial charge is 0.472 e. The van der Waals surface area contributed by atoms with Gasteiger partial charge in [0.05, 0.1) is 11.1 Å². The van der Waals surface area contributed by atoms with E-state index in [0.29, 0.717) is 10.9 Å². The van der Waals surface area contributed by atoms with Gasteiger partial charge in [-0.05, 0) is 62.1 Å². The van der Waals surface area contributed by atoms with Crippen LogP contribution in [-0.4, -0.2) is 14.8 Å². The topological polar surface area (TPSA) is 39.9 Å². The minimum atomic E-state index is -0.646. The van der Waals surface area contributed by atoms with Gasteiger partial charge in [0.2, 0.25) is 5.88 Å². The van der Waals surface area contributed by atoms with Gasteiger partial charge in [-0.3, -0.25) is 4.98 Å². The molecule has 1 aliphatic carbocycles. The van der Waals surface area contributed by atoms with Gasteiger partial charge in [0, 0.05) is 34.1 Å². The molecular formula is C23H18ClF2N3O. The Labute approximate surface area is 177 Å². The molecule has 0 bridgehead atoms. The molecule has 2 aromatic heterocycles. The van der Waals surface area contributed by atoms with E-state index < -0.39 is 11.6 Å². The highest BCUT2D eigenvalue weighted by atomic mass is 35.5. The number of ether oxygens (including phenoxy) is 1. The molecule has 5 rings (SSSR count). The molecule has 1 aliphatic rings. The van der Waals surface area contributed by atoms with Crippen molar-refractivity contribution in [3.05, 3.63) is 82.1 Å². The minimum Gasteiger partial charge on any atom is -0.472 e. The molecule has 0 saturated heterocycles. The fourth-order valence-electron chi connectivity index (χ4n) is 3.86. The second kappa shape index (κ2) is 7.69. The normalized spacial score (nSPS) is 13.4. The van der Waals surface area contributed by atoms with Crippen LogP contribution in [0.4, 0.5) is 8.78 Å². The Kier molecular flexibility index (Phi) is 4.87. The van der Waals surface area contributed by atoms with Crippen molar-refractivity contribution in [1.29, 1.82) is 0 Å². The van der Waals surface area contributed by atoms with E-state index in [1.54, 1.807) is 23.0 Å². The molecule has 0 saturated carbocycles. The van der Waals surface area contributed by atoms with Crippen LogP contribution in [0.1, 0.15) is 29.7 Å². The van der Waals surface area contributed by atoms with Gasteiger partial charge >= 0.3 is 0 Å². The van der Waals surface area contributed by atoms with Crippen LogP contribution in [0.25, 0.3) is 16.6 Å². The Hall–Kier alpha value is -2.99. The van der Waals surface area contributed by atoms with Gasteiger partial charge in [-0.25, -0.2) is 8.78 Å². The average molecular weight is 426 g/mol. The van der Waals surface area contributed by atoms with Crippen molar-refractivity contribution >= 4 is 22.5 Å². The molecule has 0 aliphatic heterocycles. The van der Waals surface area contributed by atoms with E-state index >= 15 is 0 Å². The summed E-state index contributed by atoms with van der Waals surface area (Å²) in [4.78, 5) is 4.64. The van der Waals surface area contributed by atoms with E-state index in [-0.39, 0.29) is 12.2 Å². The molecule has 0 spiro atoms. The molecule has 2 aromatic carbocycles. The summed E-state index contributed by atoms with van der Waals surface area (Å²) in [5, 5.41) is 6.22. The summed E-state index contributed by atoms with van der Waals surface area (Å²) >= 11 is 6.04. The Morgan fingerprint density at radius 1 is 1.03 bits per heavy atom. The lowest BCUT2D eigenvalue weighted by Crippen LogP contribution is -2.05. The van der Waals surface area contributed by atoms with Crippen molar-refractivity contribution < 1.29 is 13.5 Å². The van der Waals surface area contributed by atoms with Crippen molar-refractivity contribution in [2.24, 2.45) is 0 Å². The van der Waals surface area contributed by atoms with E-state index in [0.717, 1.165) is 59.6 Å². The highest BCUT2D eigenvalue weighted by Gasteiger charge is 2.22. The Balaban J connectivity index is 1.62. The first-order valence-corrected chi connectivity index (χ1v) is 10.2. The standard InChI is InChI=1S/C23H18ClF2N3O/c24-15-6-9-17(10-7-15)29-23(30-13-14-5-8-16(25)11-20(14)26)19-12-27-21-4-2-1-3-18(21)22(19)28-29/h5-12H,1-4,13H2. The molecule has 2 heterocycles. The zero-order valence-electron chi connectivity index (χ0n) is 16.0. The van der Waals surface area contributed by atoms with Gasteiger partial charge in [-0.15, -0.1) is 0 Å². The van der Waals surface area contributed by atoms with E-state index in [9.17, 15) is 8.78 Å². The van der Waals surface area contributed by atoms with Crippen LogP contribution in [0, 0.1) is 11.6 Å². The molecule has 7 heteroatoms. The summed E-state index contributed by atoms with van der Waals surface area (Å²) in [6.07, 6.45) is 5.85. The van der Waals surface area contributed by atoms with Crippen molar-refractivity contribution in [3.8, 4) is 11.6 Å². The summed E-state index contributed by atoms with van der Waals surface area (Å²) in [5.74, 6) is -0.798. The Morgan fingerprint density at radius 2 is 1.83 bits per heavy atom. The first-order chi connectivity index (χ1) is 14.6. The van der Waals surface area contributed by atoms with Gasteiger partial charge in [0.25, 0.3) is 0 Å². The van der Waals surface area contributed by atoms with Gasteiger partial charge in [-0.2, -0.15) is 9.78 Å². The second-order valence-electron chi connectivity index (χ2n) is 7.37. The fourth-order valence-corrected chi connectivity index (χ4v) is 3.99. The fraction of sp³-hybridized carbons (Fsp3) is 0.217. The van der Waals surface area contributed by atoms with Crippen LogP contribution >= 0.6 is 11.6 Å². The van der Waals surface area contributed by atoms with E-state index in [2.05, 4.69) is 4.98 Å². The van der Waals surface area contributed by atoms with Crippen molar-refractivity contribution in [1.82, 2.24) is 14.8 Å². The number of hydrogen-bond acceptors (Lipinski definition) is 3. The van der Waals surface area contributed by atoms with E-state index in [1.807, 2.05) is 12.1 Å². The molecular weight excluding hydrogens is 408 g/mol. The molecule has 0 radical (unpaired) electrons. The molecule has 152 valence electrons. The lowest BCUT2D eigenvalue weighted by molar-refractivity contribution is 0.282. The average Bonchev–Trinajstić information content (AvgIpc) is 3.13. The van der Waals surface area contributed by atoms with E-state index in [1.165, 1.54) is 12.1 Å². The summed E-state index contributed by atoms with van der Waals surface area (Å²) in [6, 6.07) is 10.7. The lowest BCUT2D eigenvalue weighted by Gasteiger charge is -2.14. The third kappa shape index (κ3) is 3.41. The van der Waals surface area contributed by atoms with Crippen molar-refractivity contribution in [2.75, 3.05) is 0 Å². The Morgan fingerprint density at radius 3 is 2.63 bits per heavy atom. The molecule has 0 fully saturated rings. The van der Waals surface area contributed by atoms with Crippen LogP contribution < -0.4 is 4.74 Å². The van der Waals surface area contributed by atoms with Gasteiger partial charge in [0.1, 0.15) is 23.8 Å². The number of aryl methyl sites for hydroxylation is 2. The summed E-state index contributed by atoms with van der Waals surface area (Å²) in [6.45, 7) is -0.0580. The minimum absolute atomic E-state index is 0.0580. The second-order valence-corrected chi connectivity index (χ2v) is 7.81. The maximum atomic E-state index is 14.1. The maximum Gasteiger partial charge on any atom is 0.226 e. The SMILES string of the molecule is Fc1ccc(COc2c3cnc4c(c3nn2-c2ccc(Cl)cc2)CCCC4)c(F)c1. The third-order valence-corrected chi connectivity index (χ3v) is 5.65. The van der Waals surface area contributed by atoms with Gasteiger partial charge < -0.3 is 4.74 Å². The predicted molar refractivity (Wildman–Crippen MR) is 111 cm³/mol. The number of halogens is 3. The quantitative estimate of drug-likeness (QED) is 0.414. The molecule has 4 aromatic rings. The monoisotopic (exact) mass is 425 g/mol. The van der Waals surface area contributed by atoms with E-state index in [4.69, 9.17) is 21.4 Å². The number of rotatable bonds is 4. The highest BCUT2D eigenvalue weighted by Crippen LogP contribution is 2.34. The number of fused-ring (bicyclic) bond motifs is 3. The van der Waals surface area contributed by atoms with Crippen LogP contribution in [0.2, 0.25) is 5.02 Å². The van der Waals surface area contributed by atoms with Crippen LogP contribution in [0.3, 0.4) is 0 Å². The first kappa shape index (κ1) is 19.0. The lowest BCUT2D eigenvalue weighted by atomic mass is 9.95. The van der Waals surface area contributed by atoms with Crippen LogP contribution in [-0.2, 0) is 19.4 Å². The van der Waals surface area contributed by atoms with Crippen molar-refractivity contribution in [2.45, 2.75) is 32.3 Å². The molecule has 4 nitrogen and oxygen atoms in total. The third-order valence-electron chi connectivity index (χ3n) is 5.40. The van der Waals surface area contributed by atoms with Crippen molar-refractivity contribution in [3.63, 3.8) is 0 Å². The summed E-state index contributed by atoms with van der Waals surface area (Å²) < 4.78 is 35.1. The zero-order chi connectivity index (χ0) is 20.7. The number of aromatic nitrogens is 3. The molecule has 0 amide bonds. The number of pyridine rings is 1. The van der Waals surface area contributed by atoms with Crippen LogP contribution in [0.15, 0.2) is 48.7 Å². The molecule has 0 N–H and O–H groups in total. The predicted octanol–water partition coefficient (Wildman–Crippen LogP) is 5.81. The number of hydrogen-bond donors (Lipinski definition) is 0. The smallest absolute Gasteiger partial charge is 0.226 e. The highest BCUT2D eigenvalue weighted by molar-refractivity contribution is 6.30. The summed E-state index contributed by atoms with van der Waals surface area (Å²) in [5.41, 5.74) is 4.10. The molecule has 0 atom stereocenters.